The van der Waals surface area contributed by atoms with Crippen molar-refractivity contribution in [3.05, 3.63) is 108 Å². The molecule has 0 saturated carbocycles. The van der Waals surface area contributed by atoms with Gasteiger partial charge in [0.2, 0.25) is 0 Å². The third kappa shape index (κ3) is 6.58. The van der Waals surface area contributed by atoms with Gasteiger partial charge in [-0.15, -0.1) is 24.0 Å². The van der Waals surface area contributed by atoms with Crippen LogP contribution in [-0.2, 0) is 13.1 Å². The van der Waals surface area contributed by atoms with Gasteiger partial charge in [0.25, 0.3) is 0 Å². The number of nitrogens with two attached hydrogens (primary N) is 1. The maximum atomic E-state index is 6.11. The summed E-state index contributed by atoms with van der Waals surface area (Å²) in [4.78, 5) is 8.75. The second-order valence-corrected chi connectivity index (χ2v) is 7.19. The highest BCUT2D eigenvalue weighted by Gasteiger charge is 2.02. The zero-order valence-corrected chi connectivity index (χ0v) is 20.1. The first-order chi connectivity index (χ1) is 15.2. The van der Waals surface area contributed by atoms with Crippen LogP contribution >= 0.6 is 24.0 Å². The maximum absolute atomic E-state index is 6.11. The van der Waals surface area contributed by atoms with Crippen LogP contribution in [0.2, 0.25) is 0 Å². The third-order valence-corrected chi connectivity index (χ3v) is 4.79. The molecular weight excluding hydrogens is 513 g/mol. The Bertz CT molecular complexity index is 1170. The summed E-state index contributed by atoms with van der Waals surface area (Å²) in [7, 11) is 0. The van der Waals surface area contributed by atoms with Crippen molar-refractivity contribution in [3.8, 4) is 11.5 Å². The van der Waals surface area contributed by atoms with E-state index in [0.29, 0.717) is 12.5 Å². The molecule has 0 bridgehead atoms. The quantitative estimate of drug-likeness (QED) is 0.183. The first kappa shape index (κ1) is 23.3. The lowest BCUT2D eigenvalue weighted by Crippen LogP contribution is -2.22. The van der Waals surface area contributed by atoms with Crippen LogP contribution in [0.5, 0.6) is 11.5 Å². The summed E-state index contributed by atoms with van der Waals surface area (Å²) in [5.74, 6) is 2.86. The molecule has 0 fully saturated rings. The number of para-hydroxylation sites is 1. The molecule has 0 amide bonds. The SMILES string of the molecule is Cc1nccn1Cc1cccc(CN=C(N)Nc2cccc(Oc3ccccc3)c2)c1.I. The molecule has 0 unspecified atom stereocenters. The number of anilines is 1. The van der Waals surface area contributed by atoms with Gasteiger partial charge in [0.15, 0.2) is 5.96 Å². The number of benzene rings is 3. The number of aryl methyl sites for hydroxylation is 1. The lowest BCUT2D eigenvalue weighted by atomic mass is 10.1. The Morgan fingerprint density at radius 1 is 0.969 bits per heavy atom. The molecule has 1 heterocycles. The van der Waals surface area contributed by atoms with Crippen molar-refractivity contribution in [1.82, 2.24) is 9.55 Å². The van der Waals surface area contributed by atoms with Gasteiger partial charge in [-0.1, -0.05) is 48.5 Å². The minimum absolute atomic E-state index is 0. The van der Waals surface area contributed by atoms with Gasteiger partial charge < -0.3 is 20.4 Å². The Hall–Kier alpha value is -3.33. The van der Waals surface area contributed by atoms with E-state index in [1.165, 1.54) is 5.56 Å². The smallest absolute Gasteiger partial charge is 0.193 e. The number of ether oxygens (including phenoxy) is 1. The minimum atomic E-state index is 0. The molecule has 3 aromatic carbocycles. The van der Waals surface area contributed by atoms with Crippen LogP contribution in [0.3, 0.4) is 0 Å². The lowest BCUT2D eigenvalue weighted by Gasteiger charge is -2.10. The number of guanidine groups is 1. The first-order valence-corrected chi connectivity index (χ1v) is 10.1. The number of aliphatic imine (C=N–C) groups is 1. The molecule has 0 saturated heterocycles. The molecule has 1 aromatic heterocycles. The minimum Gasteiger partial charge on any atom is -0.457 e. The van der Waals surface area contributed by atoms with Gasteiger partial charge >= 0.3 is 0 Å². The molecule has 0 aliphatic heterocycles. The molecule has 164 valence electrons. The van der Waals surface area contributed by atoms with E-state index in [-0.39, 0.29) is 24.0 Å². The summed E-state index contributed by atoms with van der Waals surface area (Å²) >= 11 is 0. The van der Waals surface area contributed by atoms with Crippen molar-refractivity contribution in [2.75, 3.05) is 5.32 Å². The molecule has 4 aromatic rings. The molecule has 0 atom stereocenters. The van der Waals surface area contributed by atoms with E-state index in [2.05, 4.69) is 38.1 Å². The zero-order valence-electron chi connectivity index (χ0n) is 17.8. The summed E-state index contributed by atoms with van der Waals surface area (Å²) in [5, 5.41) is 3.13. The number of rotatable bonds is 7. The van der Waals surface area contributed by atoms with E-state index in [0.717, 1.165) is 35.1 Å². The van der Waals surface area contributed by atoms with E-state index in [1.807, 2.05) is 80.0 Å². The van der Waals surface area contributed by atoms with Crippen molar-refractivity contribution in [2.24, 2.45) is 10.7 Å². The van der Waals surface area contributed by atoms with E-state index in [1.54, 1.807) is 0 Å². The van der Waals surface area contributed by atoms with Gasteiger partial charge in [-0.2, -0.15) is 0 Å². The highest BCUT2D eigenvalue weighted by Crippen LogP contribution is 2.23. The van der Waals surface area contributed by atoms with Gasteiger partial charge in [-0.3, -0.25) is 0 Å². The predicted octanol–water partition coefficient (Wildman–Crippen LogP) is 5.58. The number of imidazole rings is 1. The number of halogens is 1. The highest BCUT2D eigenvalue weighted by atomic mass is 127. The van der Waals surface area contributed by atoms with Gasteiger partial charge in [-0.05, 0) is 42.3 Å². The normalized spacial score (nSPS) is 11.0. The highest BCUT2D eigenvalue weighted by molar-refractivity contribution is 14.0. The fourth-order valence-electron chi connectivity index (χ4n) is 3.22. The second kappa shape index (κ2) is 11.3. The number of nitrogens with one attached hydrogen (secondary N) is 1. The van der Waals surface area contributed by atoms with Gasteiger partial charge in [0, 0.05) is 30.7 Å². The summed E-state index contributed by atoms with van der Waals surface area (Å²) in [6.45, 7) is 3.28. The summed E-state index contributed by atoms with van der Waals surface area (Å²) in [6.07, 6.45) is 3.80. The fraction of sp³-hybridized carbons (Fsp3) is 0.120. The number of hydrogen-bond donors (Lipinski definition) is 2. The molecule has 3 N–H and O–H groups in total. The van der Waals surface area contributed by atoms with Crippen LogP contribution in [0.1, 0.15) is 17.0 Å². The summed E-state index contributed by atoms with van der Waals surface area (Å²) in [6, 6.07) is 25.6. The summed E-state index contributed by atoms with van der Waals surface area (Å²) < 4.78 is 7.98. The molecule has 7 heteroatoms. The van der Waals surface area contributed by atoms with Crippen LogP contribution in [-0.4, -0.2) is 15.5 Å². The van der Waals surface area contributed by atoms with Crippen molar-refractivity contribution in [1.29, 1.82) is 0 Å². The molecule has 0 radical (unpaired) electrons. The Morgan fingerprint density at radius 3 is 2.50 bits per heavy atom. The number of aromatic nitrogens is 2. The van der Waals surface area contributed by atoms with Crippen LogP contribution in [0, 0.1) is 6.92 Å². The predicted molar refractivity (Wildman–Crippen MR) is 140 cm³/mol. The van der Waals surface area contributed by atoms with E-state index in [9.17, 15) is 0 Å². The van der Waals surface area contributed by atoms with Crippen molar-refractivity contribution in [3.63, 3.8) is 0 Å². The molecule has 4 rings (SSSR count). The van der Waals surface area contributed by atoms with E-state index < -0.39 is 0 Å². The van der Waals surface area contributed by atoms with Gasteiger partial charge in [0.1, 0.15) is 17.3 Å². The van der Waals surface area contributed by atoms with Crippen LogP contribution in [0.15, 0.2) is 96.2 Å². The lowest BCUT2D eigenvalue weighted by molar-refractivity contribution is 0.483. The van der Waals surface area contributed by atoms with E-state index in [4.69, 9.17) is 10.5 Å². The molecule has 32 heavy (non-hydrogen) atoms. The standard InChI is InChI=1S/C25H25N5O.HI/c1-19-27-13-14-30(19)18-21-8-5-7-20(15-21)17-28-25(26)29-22-9-6-12-24(16-22)31-23-10-3-2-4-11-23;/h2-16H,17-18H2,1H3,(H3,26,28,29);1H. The molecule has 0 spiro atoms. The largest absolute Gasteiger partial charge is 0.457 e. The average molecular weight is 539 g/mol. The molecule has 0 aliphatic rings. The molecule has 0 aliphatic carbocycles. The van der Waals surface area contributed by atoms with E-state index >= 15 is 0 Å². The topological polar surface area (TPSA) is 77.5 Å². The van der Waals surface area contributed by atoms with Crippen LogP contribution in [0.25, 0.3) is 0 Å². The second-order valence-electron chi connectivity index (χ2n) is 7.19. The molecular formula is C25H26IN5O. The van der Waals surface area contributed by atoms with Crippen LogP contribution < -0.4 is 15.8 Å². The molecule has 6 nitrogen and oxygen atoms in total. The number of hydrogen-bond acceptors (Lipinski definition) is 3. The monoisotopic (exact) mass is 539 g/mol. The Labute approximate surface area is 205 Å². The van der Waals surface area contributed by atoms with Crippen molar-refractivity contribution in [2.45, 2.75) is 20.0 Å². The number of nitrogens with zero attached hydrogens (tertiary/aromatic N) is 3. The Balaban J connectivity index is 0.00000289. The average Bonchev–Trinajstić information content (AvgIpc) is 3.18. The maximum Gasteiger partial charge on any atom is 0.193 e. The summed E-state index contributed by atoms with van der Waals surface area (Å²) in [5.41, 5.74) is 9.23. The van der Waals surface area contributed by atoms with Crippen molar-refractivity contribution < 1.29 is 4.74 Å². The van der Waals surface area contributed by atoms with Crippen molar-refractivity contribution >= 4 is 35.6 Å². The van der Waals surface area contributed by atoms with Crippen LogP contribution in [0.4, 0.5) is 5.69 Å². The van der Waals surface area contributed by atoms with Gasteiger partial charge in [0.05, 0.1) is 6.54 Å². The third-order valence-electron chi connectivity index (χ3n) is 4.79. The fourth-order valence-corrected chi connectivity index (χ4v) is 3.22. The zero-order chi connectivity index (χ0) is 21.5. The Kier molecular flexibility index (Phi) is 8.27. The van der Waals surface area contributed by atoms with Gasteiger partial charge in [-0.25, -0.2) is 9.98 Å². The first-order valence-electron chi connectivity index (χ1n) is 10.1. The Morgan fingerprint density at radius 2 is 1.72 bits per heavy atom.